The van der Waals surface area contributed by atoms with Crippen LogP contribution in [0, 0.1) is 11.8 Å². The van der Waals surface area contributed by atoms with Gasteiger partial charge in [-0.05, 0) is 63.5 Å². The van der Waals surface area contributed by atoms with Crippen molar-refractivity contribution in [3.8, 4) is 0 Å². The Hall–Kier alpha value is -1.88. The van der Waals surface area contributed by atoms with E-state index < -0.39 is 0 Å². The molecule has 0 bridgehead atoms. The first kappa shape index (κ1) is 16.6. The van der Waals surface area contributed by atoms with E-state index in [2.05, 4.69) is 29.0 Å². The number of hydrogen-bond donors (Lipinski definition) is 1. The molecule has 1 aliphatic heterocycles. The zero-order valence-electron chi connectivity index (χ0n) is 15.1. The van der Waals surface area contributed by atoms with Crippen LogP contribution in [-0.2, 0) is 9.53 Å². The molecule has 134 valence electrons. The number of aromatic nitrogens is 1. The molecular weight excluding hydrogens is 314 g/mol. The average Bonchev–Trinajstić information content (AvgIpc) is 3.46. The number of nitrogens with zero attached hydrogens (tertiary/aromatic N) is 2. The Balaban J connectivity index is 1.38. The van der Waals surface area contributed by atoms with E-state index >= 15 is 0 Å². The second-order valence-corrected chi connectivity index (χ2v) is 7.75. The molecule has 5 nitrogen and oxygen atoms in total. The Morgan fingerprint density at radius 2 is 1.80 bits per heavy atom. The van der Waals surface area contributed by atoms with Gasteiger partial charge in [-0.1, -0.05) is 5.57 Å². The molecule has 5 heteroatoms. The number of carbonyl (C=O) groups is 1. The van der Waals surface area contributed by atoms with Crippen LogP contribution in [-0.4, -0.2) is 36.2 Å². The van der Waals surface area contributed by atoms with Crippen molar-refractivity contribution in [1.82, 2.24) is 4.98 Å². The van der Waals surface area contributed by atoms with Crippen molar-refractivity contribution in [2.45, 2.75) is 51.7 Å². The van der Waals surface area contributed by atoms with Gasteiger partial charge in [0.05, 0.1) is 24.1 Å². The third kappa shape index (κ3) is 4.21. The predicted molar refractivity (Wildman–Crippen MR) is 98.6 cm³/mol. The van der Waals surface area contributed by atoms with Crippen molar-refractivity contribution in [3.05, 3.63) is 30.0 Å². The number of anilines is 2. The Kier molecular flexibility index (Phi) is 4.50. The highest BCUT2D eigenvalue weighted by Gasteiger charge is 2.36. The number of pyridine rings is 1. The highest BCUT2D eigenvalue weighted by Crippen LogP contribution is 2.48. The third-order valence-corrected chi connectivity index (χ3v) is 5.15. The molecule has 3 aliphatic rings. The maximum atomic E-state index is 12.3. The molecule has 4 rings (SSSR count). The van der Waals surface area contributed by atoms with Crippen LogP contribution >= 0.6 is 0 Å². The van der Waals surface area contributed by atoms with E-state index in [4.69, 9.17) is 4.74 Å². The number of rotatable bonds is 5. The van der Waals surface area contributed by atoms with Gasteiger partial charge in [-0.25, -0.2) is 4.98 Å². The number of hydrogen-bond acceptors (Lipinski definition) is 4. The van der Waals surface area contributed by atoms with E-state index in [1.807, 2.05) is 18.2 Å². The maximum absolute atomic E-state index is 12.3. The van der Waals surface area contributed by atoms with Gasteiger partial charge < -0.3 is 15.0 Å². The van der Waals surface area contributed by atoms with Gasteiger partial charge in [0.2, 0.25) is 5.91 Å². The molecule has 25 heavy (non-hydrogen) atoms. The summed E-state index contributed by atoms with van der Waals surface area (Å²) >= 11 is 0. The molecule has 0 radical (unpaired) electrons. The van der Waals surface area contributed by atoms with Crippen LogP contribution in [0.4, 0.5) is 11.5 Å². The van der Waals surface area contributed by atoms with Crippen molar-refractivity contribution in [2.24, 2.45) is 11.8 Å². The maximum Gasteiger partial charge on any atom is 0.248 e. The lowest BCUT2D eigenvalue weighted by atomic mass is 10.1. The van der Waals surface area contributed by atoms with Gasteiger partial charge in [-0.2, -0.15) is 0 Å². The standard InChI is InChI=1S/C20H27N3O2/c1-13-11-23(12-14(2)25-13)19-8-7-17(10-21-19)22-20(24)9-18(15-3-4-15)16-5-6-16/h7-10,13-16H,3-6,11-12H2,1-2H3,(H,22,24)/t13-,14-/m1/s1. The minimum Gasteiger partial charge on any atom is -0.372 e. The van der Waals surface area contributed by atoms with E-state index in [1.165, 1.54) is 31.3 Å². The summed E-state index contributed by atoms with van der Waals surface area (Å²) in [6.45, 7) is 5.86. The van der Waals surface area contributed by atoms with Crippen molar-refractivity contribution >= 4 is 17.4 Å². The fourth-order valence-corrected chi connectivity index (χ4v) is 3.74. The second-order valence-electron chi connectivity index (χ2n) is 7.75. The zero-order valence-corrected chi connectivity index (χ0v) is 15.1. The number of morpholine rings is 1. The van der Waals surface area contributed by atoms with Crippen molar-refractivity contribution in [3.63, 3.8) is 0 Å². The van der Waals surface area contributed by atoms with Gasteiger partial charge >= 0.3 is 0 Å². The summed E-state index contributed by atoms with van der Waals surface area (Å²) in [7, 11) is 0. The fourth-order valence-electron chi connectivity index (χ4n) is 3.74. The number of carbonyl (C=O) groups excluding carboxylic acids is 1. The minimum atomic E-state index is -0.0167. The molecule has 2 heterocycles. The van der Waals surface area contributed by atoms with E-state index in [0.717, 1.165) is 24.6 Å². The van der Waals surface area contributed by atoms with Gasteiger partial charge in [-0.3, -0.25) is 4.79 Å². The largest absolute Gasteiger partial charge is 0.372 e. The molecule has 1 N–H and O–H groups in total. The van der Waals surface area contributed by atoms with Crippen LogP contribution in [0.2, 0.25) is 0 Å². The first-order valence-electron chi connectivity index (χ1n) is 9.47. The molecular formula is C20H27N3O2. The highest BCUT2D eigenvalue weighted by atomic mass is 16.5. The van der Waals surface area contributed by atoms with Crippen molar-refractivity contribution < 1.29 is 9.53 Å². The van der Waals surface area contributed by atoms with Crippen molar-refractivity contribution in [1.29, 1.82) is 0 Å². The van der Waals surface area contributed by atoms with Gasteiger partial charge in [0.1, 0.15) is 5.82 Å². The lowest BCUT2D eigenvalue weighted by Crippen LogP contribution is -2.45. The van der Waals surface area contributed by atoms with Gasteiger partial charge in [0.15, 0.2) is 0 Å². The summed E-state index contributed by atoms with van der Waals surface area (Å²) in [5.41, 5.74) is 2.13. The van der Waals surface area contributed by atoms with Gasteiger partial charge in [0, 0.05) is 19.2 Å². The van der Waals surface area contributed by atoms with E-state index in [-0.39, 0.29) is 18.1 Å². The normalized spacial score (nSPS) is 26.2. The summed E-state index contributed by atoms with van der Waals surface area (Å²) in [4.78, 5) is 19.1. The molecule has 1 aromatic rings. The first-order valence-corrected chi connectivity index (χ1v) is 9.47. The summed E-state index contributed by atoms with van der Waals surface area (Å²) in [6, 6.07) is 3.92. The molecule has 2 aliphatic carbocycles. The smallest absolute Gasteiger partial charge is 0.248 e. The molecule has 1 amide bonds. The monoisotopic (exact) mass is 341 g/mol. The quantitative estimate of drug-likeness (QED) is 0.834. The Morgan fingerprint density at radius 1 is 1.16 bits per heavy atom. The Labute approximate surface area is 149 Å². The first-order chi connectivity index (χ1) is 12.1. The average molecular weight is 341 g/mol. The van der Waals surface area contributed by atoms with Crippen LogP contribution in [0.25, 0.3) is 0 Å². The molecule has 3 fully saturated rings. The molecule has 2 atom stereocenters. The van der Waals surface area contributed by atoms with Gasteiger partial charge in [0.25, 0.3) is 0 Å². The molecule has 0 aromatic carbocycles. The number of allylic oxidation sites excluding steroid dienone is 1. The van der Waals surface area contributed by atoms with E-state index in [0.29, 0.717) is 11.8 Å². The number of nitrogens with one attached hydrogen (secondary N) is 1. The molecule has 2 saturated carbocycles. The summed E-state index contributed by atoms with van der Waals surface area (Å²) in [5, 5.41) is 2.96. The van der Waals surface area contributed by atoms with Crippen LogP contribution in [0.3, 0.4) is 0 Å². The van der Waals surface area contributed by atoms with Crippen LogP contribution < -0.4 is 10.2 Å². The van der Waals surface area contributed by atoms with Crippen LogP contribution in [0.1, 0.15) is 39.5 Å². The second kappa shape index (κ2) is 6.79. The molecule has 1 aromatic heterocycles. The highest BCUT2D eigenvalue weighted by molar-refractivity contribution is 5.99. The number of amides is 1. The Bertz CT molecular complexity index is 638. The van der Waals surface area contributed by atoms with Crippen LogP contribution in [0.5, 0.6) is 0 Å². The number of ether oxygens (including phenoxy) is 1. The lowest BCUT2D eigenvalue weighted by molar-refractivity contribution is -0.112. The molecule has 1 saturated heterocycles. The van der Waals surface area contributed by atoms with Gasteiger partial charge in [-0.15, -0.1) is 0 Å². The summed E-state index contributed by atoms with van der Waals surface area (Å²) < 4.78 is 5.77. The zero-order chi connectivity index (χ0) is 17.4. The van der Waals surface area contributed by atoms with Crippen molar-refractivity contribution in [2.75, 3.05) is 23.3 Å². The predicted octanol–water partition coefficient (Wildman–Crippen LogP) is 3.38. The lowest BCUT2D eigenvalue weighted by Gasteiger charge is -2.36. The fraction of sp³-hybridized carbons (Fsp3) is 0.600. The topological polar surface area (TPSA) is 54.5 Å². The summed E-state index contributed by atoms with van der Waals surface area (Å²) in [6.07, 6.45) is 9.01. The SMILES string of the molecule is C[C@@H]1CN(c2ccc(NC(=O)C=C(C3CC3)C3CC3)cn2)C[C@@H](C)O1. The molecule has 0 unspecified atom stereocenters. The van der Waals surface area contributed by atoms with Crippen LogP contribution in [0.15, 0.2) is 30.0 Å². The Morgan fingerprint density at radius 3 is 2.32 bits per heavy atom. The van der Waals surface area contributed by atoms with E-state index in [9.17, 15) is 4.79 Å². The third-order valence-electron chi connectivity index (χ3n) is 5.15. The minimum absolute atomic E-state index is 0.0167. The molecule has 0 spiro atoms. The van der Waals surface area contributed by atoms with E-state index in [1.54, 1.807) is 6.20 Å². The summed E-state index contributed by atoms with van der Waals surface area (Å²) in [5.74, 6) is 2.26.